The van der Waals surface area contributed by atoms with Crippen LogP contribution in [0.1, 0.15) is 38.8 Å². The Hall–Kier alpha value is -2.93. The first kappa shape index (κ1) is 22.7. The molecule has 2 aromatic rings. The van der Waals surface area contributed by atoms with Gasteiger partial charge in [-0.05, 0) is 51.3 Å². The van der Waals surface area contributed by atoms with Gasteiger partial charge in [0, 0.05) is 36.6 Å². The molecule has 1 atom stereocenters. The van der Waals surface area contributed by atoms with E-state index in [9.17, 15) is 18.0 Å². The number of aryl methyl sites for hydroxylation is 1. The molecule has 10 heteroatoms. The highest BCUT2D eigenvalue weighted by molar-refractivity contribution is 5.79. The molecule has 2 aromatic heterocycles. The lowest BCUT2D eigenvalue weighted by molar-refractivity contribution is -0.144. The summed E-state index contributed by atoms with van der Waals surface area (Å²) in [7, 11) is 0. The Morgan fingerprint density at radius 2 is 2.16 bits per heavy atom. The normalized spacial score (nSPS) is 17.0. The largest absolute Gasteiger partial charge is 0.433 e. The molecule has 0 aliphatic carbocycles. The molecule has 1 aliphatic rings. The average Bonchev–Trinajstić information content (AvgIpc) is 3.38. The minimum absolute atomic E-state index is 0.0217. The van der Waals surface area contributed by atoms with E-state index in [0.29, 0.717) is 24.9 Å². The summed E-state index contributed by atoms with van der Waals surface area (Å²) in [6, 6.07) is 6.05. The minimum Gasteiger partial charge on any atom is -0.326 e. The lowest BCUT2D eigenvalue weighted by atomic mass is 10.0. The third-order valence-electron chi connectivity index (χ3n) is 5.42. The molecular weight excluding hydrogens is 409 g/mol. The first-order valence-corrected chi connectivity index (χ1v) is 10.1. The number of nitrogens with one attached hydrogen (secondary N) is 1. The second kappa shape index (κ2) is 9.06. The fourth-order valence-corrected chi connectivity index (χ4v) is 3.56. The van der Waals surface area contributed by atoms with Gasteiger partial charge in [0.2, 0.25) is 5.91 Å². The van der Waals surface area contributed by atoms with Crippen molar-refractivity contribution in [3.8, 4) is 17.3 Å². The number of halogens is 3. The first-order valence-electron chi connectivity index (χ1n) is 10.1. The van der Waals surface area contributed by atoms with Crippen LogP contribution in [0.25, 0.3) is 11.3 Å². The molecular formula is C21H25F3N6O. The maximum atomic E-state index is 13.5. The van der Waals surface area contributed by atoms with Crippen molar-refractivity contribution in [3.63, 3.8) is 0 Å². The van der Waals surface area contributed by atoms with E-state index in [1.807, 2.05) is 13.8 Å². The summed E-state index contributed by atoms with van der Waals surface area (Å²) in [4.78, 5) is 17.9. The Bertz CT molecular complexity index is 948. The molecule has 0 aromatic carbocycles. The zero-order valence-electron chi connectivity index (χ0n) is 17.5. The second-order valence-electron chi connectivity index (χ2n) is 8.24. The zero-order valence-corrected chi connectivity index (χ0v) is 17.5. The van der Waals surface area contributed by atoms with Gasteiger partial charge in [0.25, 0.3) is 0 Å². The summed E-state index contributed by atoms with van der Waals surface area (Å²) in [6.45, 7) is 4.25. The van der Waals surface area contributed by atoms with Crippen LogP contribution in [-0.4, -0.2) is 50.2 Å². The van der Waals surface area contributed by atoms with Gasteiger partial charge in [0.15, 0.2) is 0 Å². The smallest absolute Gasteiger partial charge is 0.326 e. The van der Waals surface area contributed by atoms with E-state index in [-0.39, 0.29) is 24.7 Å². The Kier molecular flexibility index (Phi) is 6.65. The predicted octanol–water partition coefficient (Wildman–Crippen LogP) is 3.24. The molecule has 1 aliphatic heterocycles. The van der Waals surface area contributed by atoms with Gasteiger partial charge in [-0.2, -0.15) is 23.5 Å². The number of carbonyl (C=O) groups is 1. The maximum absolute atomic E-state index is 13.5. The van der Waals surface area contributed by atoms with Crippen LogP contribution in [0, 0.1) is 11.3 Å². The highest BCUT2D eigenvalue weighted by Gasteiger charge is 2.36. The van der Waals surface area contributed by atoms with Gasteiger partial charge < -0.3 is 10.2 Å². The van der Waals surface area contributed by atoms with E-state index in [4.69, 9.17) is 5.26 Å². The molecule has 1 saturated heterocycles. The molecule has 0 saturated carbocycles. The molecule has 7 nitrogen and oxygen atoms in total. The van der Waals surface area contributed by atoms with E-state index in [0.717, 1.165) is 17.2 Å². The van der Waals surface area contributed by atoms with Gasteiger partial charge >= 0.3 is 6.18 Å². The number of carbonyl (C=O) groups excluding carboxylic acids is 1. The third kappa shape index (κ3) is 5.61. The van der Waals surface area contributed by atoms with Crippen molar-refractivity contribution < 1.29 is 18.0 Å². The third-order valence-corrected chi connectivity index (χ3v) is 5.42. The number of pyridine rings is 1. The van der Waals surface area contributed by atoms with Crippen LogP contribution in [0.15, 0.2) is 30.6 Å². The van der Waals surface area contributed by atoms with Crippen molar-refractivity contribution in [1.29, 1.82) is 5.26 Å². The van der Waals surface area contributed by atoms with Crippen LogP contribution in [-0.2, 0) is 17.5 Å². The first-order chi connectivity index (χ1) is 14.6. The van der Waals surface area contributed by atoms with Gasteiger partial charge in [0.05, 0.1) is 18.3 Å². The summed E-state index contributed by atoms with van der Waals surface area (Å²) in [5.41, 5.74) is -0.724. The van der Waals surface area contributed by atoms with Crippen molar-refractivity contribution in [2.75, 3.05) is 13.1 Å². The number of aromatic nitrogens is 3. The van der Waals surface area contributed by atoms with Gasteiger partial charge in [0.1, 0.15) is 11.7 Å². The molecule has 31 heavy (non-hydrogen) atoms. The highest BCUT2D eigenvalue weighted by atomic mass is 19.4. The number of hydrogen-bond acceptors (Lipinski definition) is 5. The average molecular weight is 434 g/mol. The summed E-state index contributed by atoms with van der Waals surface area (Å²) < 4.78 is 41.5. The Balaban J connectivity index is 1.66. The monoisotopic (exact) mass is 434 g/mol. The van der Waals surface area contributed by atoms with Crippen LogP contribution >= 0.6 is 0 Å². The number of hydrogen-bond donors (Lipinski definition) is 1. The second-order valence-corrected chi connectivity index (χ2v) is 8.24. The number of nitriles is 1. The van der Waals surface area contributed by atoms with Gasteiger partial charge in [-0.3, -0.25) is 14.5 Å². The topological polar surface area (TPSA) is 86.8 Å². The lowest BCUT2D eigenvalue weighted by Gasteiger charge is -2.28. The van der Waals surface area contributed by atoms with E-state index < -0.39 is 23.5 Å². The van der Waals surface area contributed by atoms with E-state index in [1.165, 1.54) is 6.20 Å². The van der Waals surface area contributed by atoms with Crippen molar-refractivity contribution in [2.45, 2.75) is 57.4 Å². The van der Waals surface area contributed by atoms with Crippen LogP contribution < -0.4 is 5.32 Å². The molecule has 3 rings (SSSR count). The number of alkyl halides is 3. The van der Waals surface area contributed by atoms with E-state index >= 15 is 0 Å². The fourth-order valence-electron chi connectivity index (χ4n) is 3.56. The summed E-state index contributed by atoms with van der Waals surface area (Å²) in [5.74, 6) is -0.175. The standard InChI is InChI=1S/C21H25F3N6O/c1-20(2,27-14-19(31)29-9-4-6-16(29)12-25)7-10-30-18(21(22,23)24)11-17(28-30)15-5-3-8-26-13-15/h3,5,8,11,13,16,27H,4,6-7,9-10,14H2,1-2H3/t16-/m0/s1. The predicted molar refractivity (Wildman–Crippen MR) is 108 cm³/mol. The summed E-state index contributed by atoms with van der Waals surface area (Å²) >= 11 is 0. The number of likely N-dealkylation sites (tertiary alicyclic amines) is 1. The minimum atomic E-state index is -4.54. The molecule has 0 unspecified atom stereocenters. The quantitative estimate of drug-likeness (QED) is 0.723. The van der Waals surface area contributed by atoms with Crippen molar-refractivity contribution >= 4 is 5.91 Å². The molecule has 0 bridgehead atoms. The molecule has 0 radical (unpaired) electrons. The molecule has 166 valence electrons. The maximum Gasteiger partial charge on any atom is 0.433 e. The van der Waals surface area contributed by atoms with Gasteiger partial charge in [-0.1, -0.05) is 0 Å². The highest BCUT2D eigenvalue weighted by Crippen LogP contribution is 2.32. The fraction of sp³-hybridized carbons (Fsp3) is 0.524. The number of rotatable bonds is 7. The van der Waals surface area contributed by atoms with Crippen LogP contribution in [0.4, 0.5) is 13.2 Å². The molecule has 1 N–H and O–H groups in total. The van der Waals surface area contributed by atoms with Crippen LogP contribution in [0.3, 0.4) is 0 Å². The lowest BCUT2D eigenvalue weighted by Crippen LogP contribution is -2.48. The Morgan fingerprint density at radius 1 is 1.39 bits per heavy atom. The van der Waals surface area contributed by atoms with Crippen molar-refractivity contribution in [3.05, 3.63) is 36.3 Å². The number of amides is 1. The van der Waals surface area contributed by atoms with Crippen LogP contribution in [0.5, 0.6) is 0 Å². The molecule has 0 spiro atoms. The summed E-state index contributed by atoms with van der Waals surface area (Å²) in [5, 5.41) is 16.4. The Morgan fingerprint density at radius 3 is 2.81 bits per heavy atom. The molecule has 3 heterocycles. The Labute approximate surface area is 178 Å². The van der Waals surface area contributed by atoms with Gasteiger partial charge in [-0.15, -0.1) is 0 Å². The number of nitrogens with zero attached hydrogens (tertiary/aromatic N) is 5. The van der Waals surface area contributed by atoms with Crippen LogP contribution in [0.2, 0.25) is 0 Å². The zero-order chi connectivity index (χ0) is 22.6. The van der Waals surface area contributed by atoms with Crippen molar-refractivity contribution in [1.82, 2.24) is 25.0 Å². The van der Waals surface area contributed by atoms with E-state index in [1.54, 1.807) is 23.2 Å². The van der Waals surface area contributed by atoms with Crippen molar-refractivity contribution in [2.24, 2.45) is 0 Å². The van der Waals surface area contributed by atoms with E-state index in [2.05, 4.69) is 21.5 Å². The summed E-state index contributed by atoms with van der Waals surface area (Å²) in [6.07, 6.45) is 0.261. The SMILES string of the molecule is CC(C)(CCn1nc(-c2cccnc2)cc1C(F)(F)F)NCC(=O)N1CCC[C@H]1C#N. The molecule has 1 amide bonds. The van der Waals surface area contributed by atoms with Gasteiger partial charge in [-0.25, -0.2) is 0 Å². The molecule has 1 fully saturated rings.